The zero-order valence-electron chi connectivity index (χ0n) is 13.2. The molecule has 1 aromatic heterocycles. The second-order valence-corrected chi connectivity index (χ2v) is 5.90. The highest BCUT2D eigenvalue weighted by Crippen LogP contribution is 2.35. The summed E-state index contributed by atoms with van der Waals surface area (Å²) in [5.41, 5.74) is 1.51. The van der Waals surface area contributed by atoms with Crippen LogP contribution in [0.4, 0.5) is 0 Å². The van der Waals surface area contributed by atoms with E-state index in [0.717, 1.165) is 11.1 Å². The maximum absolute atomic E-state index is 11.9. The lowest BCUT2D eigenvalue weighted by Crippen LogP contribution is -2.20. The molecule has 2 aromatic carbocycles. The van der Waals surface area contributed by atoms with Crippen LogP contribution in [-0.2, 0) is 4.79 Å². The number of fused-ring (bicyclic) bond motifs is 1. The van der Waals surface area contributed by atoms with Crippen molar-refractivity contribution in [3.8, 4) is 16.9 Å². The van der Waals surface area contributed by atoms with Crippen LogP contribution in [0.2, 0.25) is 5.02 Å². The van der Waals surface area contributed by atoms with Crippen molar-refractivity contribution in [3.05, 3.63) is 64.0 Å². The molecular weight excluding hydrogens is 328 g/mol. The fourth-order valence-corrected chi connectivity index (χ4v) is 2.59. The van der Waals surface area contributed by atoms with Gasteiger partial charge in [0.25, 0.3) is 0 Å². The van der Waals surface area contributed by atoms with E-state index in [-0.39, 0.29) is 5.78 Å². The molecule has 1 heterocycles. The van der Waals surface area contributed by atoms with E-state index in [2.05, 4.69) is 0 Å². The van der Waals surface area contributed by atoms with Gasteiger partial charge in [0, 0.05) is 17.5 Å². The molecule has 3 rings (SSSR count). The quantitative estimate of drug-likeness (QED) is 0.656. The van der Waals surface area contributed by atoms with Gasteiger partial charge in [-0.1, -0.05) is 41.9 Å². The minimum Gasteiger partial charge on any atom is -0.481 e. The van der Waals surface area contributed by atoms with Gasteiger partial charge in [-0.2, -0.15) is 0 Å². The molecule has 0 radical (unpaired) electrons. The third kappa shape index (κ3) is 3.19. The van der Waals surface area contributed by atoms with E-state index in [9.17, 15) is 9.59 Å². The Labute approximate surface area is 143 Å². The predicted octanol–water partition coefficient (Wildman–Crippen LogP) is 4.47. The van der Waals surface area contributed by atoms with Gasteiger partial charge in [-0.25, -0.2) is 4.79 Å². The number of benzene rings is 2. The second-order valence-electron chi connectivity index (χ2n) is 5.49. The molecule has 0 spiro atoms. The van der Waals surface area contributed by atoms with E-state index in [1.807, 2.05) is 30.3 Å². The van der Waals surface area contributed by atoms with Gasteiger partial charge in [-0.05, 0) is 31.0 Å². The molecular formula is C19H15ClO4. The summed E-state index contributed by atoms with van der Waals surface area (Å²) in [7, 11) is 0. The second kappa shape index (κ2) is 6.49. The standard InChI is InChI=1S/C19H15ClO4/c1-11(21)12(2)23-18-10-17-15(8-16(18)20)14(9-19(22)24-17)13-6-4-3-5-7-13/h3-10,12H,1-2H3/t12-/m0/s1. The molecule has 0 aliphatic heterocycles. The lowest BCUT2D eigenvalue weighted by atomic mass is 10.0. The third-order valence-electron chi connectivity index (χ3n) is 3.76. The van der Waals surface area contributed by atoms with Crippen LogP contribution in [0, 0.1) is 0 Å². The summed E-state index contributed by atoms with van der Waals surface area (Å²) >= 11 is 6.30. The van der Waals surface area contributed by atoms with E-state index < -0.39 is 11.7 Å². The molecule has 0 aliphatic carbocycles. The van der Waals surface area contributed by atoms with Gasteiger partial charge in [-0.15, -0.1) is 0 Å². The summed E-state index contributed by atoms with van der Waals surface area (Å²) in [6, 6.07) is 14.2. The first-order chi connectivity index (χ1) is 11.5. The molecule has 0 amide bonds. The highest BCUT2D eigenvalue weighted by molar-refractivity contribution is 6.33. The summed E-state index contributed by atoms with van der Waals surface area (Å²) in [6.45, 7) is 3.08. The van der Waals surface area contributed by atoms with Gasteiger partial charge < -0.3 is 9.15 Å². The maximum atomic E-state index is 11.9. The number of halogens is 1. The zero-order chi connectivity index (χ0) is 17.3. The Bertz CT molecular complexity index is 960. The topological polar surface area (TPSA) is 56.5 Å². The fourth-order valence-electron chi connectivity index (χ4n) is 2.38. The molecule has 0 unspecified atom stereocenters. The van der Waals surface area contributed by atoms with Crippen molar-refractivity contribution in [1.82, 2.24) is 0 Å². The van der Waals surface area contributed by atoms with E-state index in [1.165, 1.54) is 13.0 Å². The van der Waals surface area contributed by atoms with Gasteiger partial charge in [-0.3, -0.25) is 4.79 Å². The van der Waals surface area contributed by atoms with Gasteiger partial charge >= 0.3 is 5.63 Å². The number of ketones is 1. The lowest BCUT2D eigenvalue weighted by Gasteiger charge is -2.14. The smallest absolute Gasteiger partial charge is 0.336 e. The molecule has 5 heteroatoms. The number of ether oxygens (including phenoxy) is 1. The first-order valence-corrected chi connectivity index (χ1v) is 7.83. The van der Waals surface area contributed by atoms with Crippen LogP contribution >= 0.6 is 11.6 Å². The average Bonchev–Trinajstić information content (AvgIpc) is 2.56. The number of carbonyl (C=O) groups excluding carboxylic acids is 1. The van der Waals surface area contributed by atoms with Crippen molar-refractivity contribution in [2.24, 2.45) is 0 Å². The van der Waals surface area contributed by atoms with Crippen LogP contribution in [0.3, 0.4) is 0 Å². The van der Waals surface area contributed by atoms with Crippen molar-refractivity contribution in [2.75, 3.05) is 0 Å². The number of Topliss-reactive ketones (excluding diaryl/α,β-unsaturated/α-hetero) is 1. The SMILES string of the molecule is CC(=O)[C@H](C)Oc1cc2oc(=O)cc(-c3ccccc3)c2cc1Cl. The number of carbonyl (C=O) groups is 1. The molecule has 4 nitrogen and oxygen atoms in total. The first kappa shape index (κ1) is 16.3. The molecule has 0 saturated carbocycles. The Morgan fingerprint density at radius 3 is 2.54 bits per heavy atom. The van der Waals surface area contributed by atoms with Crippen molar-refractivity contribution >= 4 is 28.4 Å². The van der Waals surface area contributed by atoms with Crippen molar-refractivity contribution < 1.29 is 13.9 Å². The van der Waals surface area contributed by atoms with Crippen molar-refractivity contribution in [1.29, 1.82) is 0 Å². The van der Waals surface area contributed by atoms with Crippen LogP contribution in [-0.4, -0.2) is 11.9 Å². The minimum atomic E-state index is -0.635. The number of hydrogen-bond donors (Lipinski definition) is 0. The fraction of sp³-hybridized carbons (Fsp3) is 0.158. The Balaban J connectivity index is 2.18. The lowest BCUT2D eigenvalue weighted by molar-refractivity contribution is -0.122. The Morgan fingerprint density at radius 1 is 1.17 bits per heavy atom. The summed E-state index contributed by atoms with van der Waals surface area (Å²) in [5, 5.41) is 1.05. The van der Waals surface area contributed by atoms with E-state index >= 15 is 0 Å². The van der Waals surface area contributed by atoms with E-state index in [1.54, 1.807) is 19.1 Å². The Morgan fingerprint density at radius 2 is 1.88 bits per heavy atom. The monoisotopic (exact) mass is 342 g/mol. The third-order valence-corrected chi connectivity index (χ3v) is 4.05. The highest BCUT2D eigenvalue weighted by atomic mass is 35.5. The van der Waals surface area contributed by atoms with Crippen LogP contribution < -0.4 is 10.4 Å². The van der Waals surface area contributed by atoms with Crippen molar-refractivity contribution in [3.63, 3.8) is 0 Å². The molecule has 0 saturated heterocycles. The first-order valence-electron chi connectivity index (χ1n) is 7.45. The number of hydrogen-bond acceptors (Lipinski definition) is 4. The van der Waals surface area contributed by atoms with Gasteiger partial charge in [0.1, 0.15) is 11.3 Å². The van der Waals surface area contributed by atoms with Gasteiger partial charge in [0.05, 0.1) is 5.02 Å². The number of rotatable bonds is 4. The Kier molecular flexibility index (Phi) is 4.40. The normalized spacial score (nSPS) is 12.1. The molecule has 0 aliphatic rings. The summed E-state index contributed by atoms with van der Waals surface area (Å²) in [4.78, 5) is 23.3. The molecule has 24 heavy (non-hydrogen) atoms. The Hall–Kier alpha value is -2.59. The molecule has 122 valence electrons. The van der Waals surface area contributed by atoms with Crippen LogP contribution in [0.5, 0.6) is 5.75 Å². The zero-order valence-corrected chi connectivity index (χ0v) is 14.0. The summed E-state index contributed by atoms with van der Waals surface area (Å²) < 4.78 is 10.8. The van der Waals surface area contributed by atoms with Crippen LogP contribution in [0.15, 0.2) is 57.7 Å². The largest absolute Gasteiger partial charge is 0.481 e. The highest BCUT2D eigenvalue weighted by Gasteiger charge is 2.15. The maximum Gasteiger partial charge on any atom is 0.336 e. The van der Waals surface area contributed by atoms with E-state index in [0.29, 0.717) is 21.7 Å². The van der Waals surface area contributed by atoms with Crippen LogP contribution in [0.1, 0.15) is 13.8 Å². The molecule has 3 aromatic rings. The minimum absolute atomic E-state index is 0.120. The van der Waals surface area contributed by atoms with E-state index in [4.69, 9.17) is 20.8 Å². The van der Waals surface area contributed by atoms with Gasteiger partial charge in [0.15, 0.2) is 11.9 Å². The predicted molar refractivity (Wildman–Crippen MR) is 93.7 cm³/mol. The molecule has 0 fully saturated rings. The van der Waals surface area contributed by atoms with Crippen molar-refractivity contribution in [2.45, 2.75) is 20.0 Å². The van der Waals surface area contributed by atoms with Gasteiger partial charge in [0.2, 0.25) is 0 Å². The summed E-state index contributed by atoms with van der Waals surface area (Å²) in [6.07, 6.45) is -0.635. The molecule has 0 bridgehead atoms. The summed E-state index contributed by atoms with van der Waals surface area (Å²) in [5.74, 6) is 0.186. The molecule has 1 atom stereocenters. The average molecular weight is 343 g/mol. The van der Waals surface area contributed by atoms with Crippen LogP contribution in [0.25, 0.3) is 22.1 Å². The molecule has 0 N–H and O–H groups in total.